The highest BCUT2D eigenvalue weighted by atomic mass is 32.2. The summed E-state index contributed by atoms with van der Waals surface area (Å²) in [6.45, 7) is 0. The van der Waals surface area contributed by atoms with Crippen molar-refractivity contribution in [2.75, 3.05) is 10.6 Å². The van der Waals surface area contributed by atoms with Gasteiger partial charge in [0.2, 0.25) is 6.41 Å². The number of amides is 1. The summed E-state index contributed by atoms with van der Waals surface area (Å²) in [6.07, 6.45) is 4.20. The lowest BCUT2D eigenvalue weighted by Crippen LogP contribution is -2.04. The molecule has 1 amide bonds. The van der Waals surface area contributed by atoms with E-state index in [0.29, 0.717) is 34.5 Å². The molecule has 3 aromatic heterocycles. The number of nitrogens with one attached hydrogen (secondary N) is 4. The van der Waals surface area contributed by atoms with E-state index in [1.807, 2.05) is 6.07 Å². The van der Waals surface area contributed by atoms with Crippen LogP contribution in [-0.4, -0.2) is 35.0 Å². The molecule has 12 heteroatoms. The molecular formula is C15H14N7O3S2. The third-order valence-corrected chi connectivity index (χ3v) is 6.38. The molecule has 0 bridgehead atoms. The first kappa shape index (κ1) is 17.6. The highest BCUT2D eigenvalue weighted by Crippen LogP contribution is 2.40. The molecule has 1 aliphatic carbocycles. The van der Waals surface area contributed by atoms with Gasteiger partial charge in [-0.2, -0.15) is 5.10 Å². The second-order valence-corrected chi connectivity index (χ2v) is 8.74. The van der Waals surface area contributed by atoms with Gasteiger partial charge in [0.05, 0.1) is 11.1 Å². The van der Waals surface area contributed by atoms with E-state index in [0.717, 1.165) is 29.9 Å². The summed E-state index contributed by atoms with van der Waals surface area (Å²) in [4.78, 5) is 19.9. The Bertz CT molecular complexity index is 1100. The number of anilines is 3. The van der Waals surface area contributed by atoms with Gasteiger partial charge < -0.3 is 10.6 Å². The minimum Gasteiger partial charge on any atom is -0.324 e. The maximum absolute atomic E-state index is 11.4. The molecule has 3 heterocycles. The van der Waals surface area contributed by atoms with Crippen LogP contribution < -0.4 is 15.8 Å². The Balaban J connectivity index is 1.66. The lowest BCUT2D eigenvalue weighted by molar-refractivity contribution is -0.105. The van der Waals surface area contributed by atoms with E-state index < -0.39 is 10.0 Å². The van der Waals surface area contributed by atoms with Crippen LogP contribution in [0.2, 0.25) is 0 Å². The molecule has 0 saturated heterocycles. The summed E-state index contributed by atoms with van der Waals surface area (Å²) in [6, 6.07) is 4.77. The Morgan fingerprint density at radius 2 is 2.15 bits per heavy atom. The maximum Gasteiger partial charge on any atom is 0.263 e. The minimum absolute atomic E-state index is 0.0907. The Kier molecular flexibility index (Phi) is 4.37. The van der Waals surface area contributed by atoms with Gasteiger partial charge in [0.1, 0.15) is 9.90 Å². The zero-order chi connectivity index (χ0) is 19.0. The fourth-order valence-corrected chi connectivity index (χ4v) is 4.11. The number of carbonyl (C=O) groups excluding carboxylic acids is 1. The summed E-state index contributed by atoms with van der Waals surface area (Å²) >= 11 is 0.903. The molecule has 1 aliphatic rings. The molecule has 10 nitrogen and oxygen atoms in total. The molecule has 0 atom stereocenters. The van der Waals surface area contributed by atoms with Crippen molar-refractivity contribution in [3.05, 3.63) is 30.1 Å². The number of hydrogen-bond donors (Lipinski definition) is 3. The summed E-state index contributed by atoms with van der Waals surface area (Å²) < 4.78 is 22.6. The Morgan fingerprint density at radius 1 is 1.33 bits per heavy atom. The number of hydrogen-bond acceptors (Lipinski definition) is 8. The monoisotopic (exact) mass is 404 g/mol. The first-order chi connectivity index (χ1) is 12.9. The van der Waals surface area contributed by atoms with Gasteiger partial charge in [-0.15, -0.1) is 16.5 Å². The predicted octanol–water partition coefficient (Wildman–Crippen LogP) is 2.09. The van der Waals surface area contributed by atoms with Crippen molar-refractivity contribution in [1.29, 1.82) is 0 Å². The molecule has 4 N–H and O–H groups in total. The first-order valence-electron chi connectivity index (χ1n) is 7.93. The van der Waals surface area contributed by atoms with Gasteiger partial charge in [-0.25, -0.2) is 18.4 Å². The van der Waals surface area contributed by atoms with Gasteiger partial charge in [0.25, 0.3) is 10.0 Å². The molecule has 1 saturated carbocycles. The molecule has 0 unspecified atom stereocenters. The summed E-state index contributed by atoms with van der Waals surface area (Å²) in [7, 11) is -4.04. The van der Waals surface area contributed by atoms with Crippen LogP contribution in [0, 0.1) is 0 Å². The number of rotatable bonds is 7. The fraction of sp³-hybridized carbons (Fsp3) is 0.200. The highest BCUT2D eigenvalue weighted by molar-refractivity contribution is 7.91. The molecule has 3 aromatic rings. The van der Waals surface area contributed by atoms with Crippen molar-refractivity contribution in [3.63, 3.8) is 0 Å². The van der Waals surface area contributed by atoms with Crippen molar-refractivity contribution < 1.29 is 13.2 Å². The molecule has 1 radical (unpaired) electrons. The largest absolute Gasteiger partial charge is 0.324 e. The molecular weight excluding hydrogens is 390 g/mol. The first-order valence-corrected chi connectivity index (χ1v) is 10.2. The van der Waals surface area contributed by atoms with Gasteiger partial charge >= 0.3 is 0 Å². The number of carbonyl (C=O) groups is 1. The highest BCUT2D eigenvalue weighted by Gasteiger charge is 2.25. The van der Waals surface area contributed by atoms with Crippen LogP contribution in [0.1, 0.15) is 24.5 Å². The second kappa shape index (κ2) is 6.72. The van der Waals surface area contributed by atoms with E-state index in [1.54, 1.807) is 0 Å². The number of aromatic nitrogens is 4. The Labute approximate surface area is 158 Å². The fourth-order valence-electron chi connectivity index (χ4n) is 2.48. The molecule has 0 aromatic carbocycles. The van der Waals surface area contributed by atoms with Crippen molar-refractivity contribution in [3.8, 4) is 10.7 Å². The molecule has 0 aliphatic heterocycles. The number of nitrogens with zero attached hydrogens (tertiary/aromatic N) is 3. The maximum atomic E-state index is 11.4. The Morgan fingerprint density at radius 3 is 2.81 bits per heavy atom. The van der Waals surface area contributed by atoms with Crippen molar-refractivity contribution in [2.45, 2.75) is 23.0 Å². The van der Waals surface area contributed by atoms with Crippen molar-refractivity contribution >= 4 is 45.1 Å². The van der Waals surface area contributed by atoms with Crippen LogP contribution >= 0.6 is 11.3 Å². The van der Waals surface area contributed by atoms with Gasteiger partial charge in [-0.3, -0.25) is 9.89 Å². The van der Waals surface area contributed by atoms with E-state index >= 15 is 0 Å². The van der Waals surface area contributed by atoms with E-state index in [-0.39, 0.29) is 10.0 Å². The Hall–Kier alpha value is -2.83. The lowest BCUT2D eigenvalue weighted by Gasteiger charge is -2.09. The van der Waals surface area contributed by atoms with Gasteiger partial charge in [0, 0.05) is 17.7 Å². The van der Waals surface area contributed by atoms with Crippen LogP contribution in [-0.2, 0) is 14.8 Å². The van der Waals surface area contributed by atoms with Crippen LogP contribution in [0.3, 0.4) is 0 Å². The molecule has 139 valence electrons. The van der Waals surface area contributed by atoms with Gasteiger partial charge in [-0.1, -0.05) is 0 Å². The molecule has 27 heavy (non-hydrogen) atoms. The summed E-state index contributed by atoms with van der Waals surface area (Å²) in [5, 5.41) is 19.9. The third kappa shape index (κ3) is 3.82. The zero-order valence-electron chi connectivity index (χ0n) is 13.8. The van der Waals surface area contributed by atoms with E-state index in [9.17, 15) is 13.2 Å². The van der Waals surface area contributed by atoms with Crippen molar-refractivity contribution in [1.82, 2.24) is 25.3 Å². The van der Waals surface area contributed by atoms with E-state index in [4.69, 9.17) is 5.14 Å². The molecule has 0 spiro atoms. The standard InChI is InChI=1S/C15H14N7O3S2/c16-27(24,25)13-4-3-11(26-13)15-17-6-10(18-7-23)14(20-15)19-12-5-9(21-22-12)8-1-2-8/h3-8,16H,1-2H2,(H,18,23)(H2,17,19,20,21,22). The SMILES string of the molecule is [NH]S(=O)(=O)c1ccc(-c2ncc(NC=O)c(Nc3cc(C4CC4)[nH]n3)n2)s1. The molecule has 1 fully saturated rings. The third-order valence-electron chi connectivity index (χ3n) is 3.93. The number of sulfonamides is 1. The normalized spacial score (nSPS) is 14.1. The minimum atomic E-state index is -4.04. The van der Waals surface area contributed by atoms with Crippen molar-refractivity contribution in [2.24, 2.45) is 0 Å². The van der Waals surface area contributed by atoms with E-state index in [1.165, 1.54) is 18.3 Å². The average molecular weight is 404 g/mol. The predicted molar refractivity (Wildman–Crippen MR) is 99.2 cm³/mol. The number of thiophene rings is 1. The zero-order valence-corrected chi connectivity index (χ0v) is 15.4. The smallest absolute Gasteiger partial charge is 0.263 e. The van der Waals surface area contributed by atoms with Crippen LogP contribution in [0.25, 0.3) is 10.7 Å². The lowest BCUT2D eigenvalue weighted by atomic mass is 10.3. The van der Waals surface area contributed by atoms with E-state index in [2.05, 4.69) is 30.8 Å². The van der Waals surface area contributed by atoms with Gasteiger partial charge in [0.15, 0.2) is 17.5 Å². The van der Waals surface area contributed by atoms with Crippen LogP contribution in [0.15, 0.2) is 28.6 Å². The van der Waals surface area contributed by atoms with Gasteiger partial charge in [-0.05, 0) is 25.0 Å². The summed E-state index contributed by atoms with van der Waals surface area (Å²) in [5.74, 6) is 1.66. The number of H-pyrrole nitrogens is 1. The number of aromatic amines is 1. The average Bonchev–Trinajstić information content (AvgIpc) is 3.16. The second-order valence-electron chi connectivity index (χ2n) is 5.95. The molecule has 4 rings (SSSR count). The summed E-state index contributed by atoms with van der Waals surface area (Å²) in [5.41, 5.74) is 1.40. The quantitative estimate of drug-likeness (QED) is 0.509. The van der Waals surface area contributed by atoms with Crippen LogP contribution in [0.5, 0.6) is 0 Å². The van der Waals surface area contributed by atoms with Crippen LogP contribution in [0.4, 0.5) is 17.3 Å². The topological polar surface area (TPSA) is 154 Å².